The van der Waals surface area contributed by atoms with E-state index in [0.717, 1.165) is 24.3 Å². The molecule has 0 aromatic carbocycles. The van der Waals surface area contributed by atoms with Gasteiger partial charge in [-0.15, -0.1) is 0 Å². The van der Waals surface area contributed by atoms with Gasteiger partial charge in [-0.1, -0.05) is 12.2 Å². The maximum Gasteiger partial charge on any atom is 0.272 e. The van der Waals surface area contributed by atoms with E-state index in [2.05, 4.69) is 21.1 Å². The van der Waals surface area contributed by atoms with Gasteiger partial charge in [0.1, 0.15) is 18.0 Å². The molecular formula is C19H21N5O3. The summed E-state index contributed by atoms with van der Waals surface area (Å²) in [6, 6.07) is 3.49. The summed E-state index contributed by atoms with van der Waals surface area (Å²) in [5.41, 5.74) is 1.33. The number of ether oxygens (including phenoxy) is 2. The Hall–Kier alpha value is -3.16. The van der Waals surface area contributed by atoms with Crippen molar-refractivity contribution in [2.75, 3.05) is 13.7 Å². The van der Waals surface area contributed by atoms with Crippen molar-refractivity contribution in [3.05, 3.63) is 59.5 Å². The highest BCUT2D eigenvalue weighted by Gasteiger charge is 2.27. The fraction of sp³-hybridized carbons (Fsp3) is 0.368. The van der Waals surface area contributed by atoms with E-state index in [4.69, 9.17) is 9.47 Å². The highest BCUT2D eigenvalue weighted by atomic mass is 16.5. The van der Waals surface area contributed by atoms with Crippen molar-refractivity contribution in [2.24, 2.45) is 0 Å². The number of hydrogen-bond donors (Lipinski definition) is 0. The number of nitrogens with zero attached hydrogens (tertiary/aromatic N) is 5. The molecule has 0 saturated heterocycles. The molecule has 2 aromatic rings. The molecule has 0 N–H and O–H groups in total. The minimum absolute atomic E-state index is 0.0776. The molecular weight excluding hydrogens is 346 g/mol. The third-order valence-corrected chi connectivity index (χ3v) is 4.52. The summed E-state index contributed by atoms with van der Waals surface area (Å²) >= 11 is 0. The van der Waals surface area contributed by atoms with E-state index < -0.39 is 0 Å². The van der Waals surface area contributed by atoms with E-state index >= 15 is 0 Å². The third kappa shape index (κ3) is 3.84. The molecule has 1 amide bonds. The molecule has 8 nitrogen and oxygen atoms in total. The molecule has 3 heterocycles. The van der Waals surface area contributed by atoms with E-state index in [1.54, 1.807) is 35.0 Å². The number of carbonyl (C=O) groups is 1. The van der Waals surface area contributed by atoms with Crippen LogP contribution in [-0.4, -0.2) is 44.2 Å². The fourth-order valence-corrected chi connectivity index (χ4v) is 3.12. The predicted octanol–water partition coefficient (Wildman–Crippen LogP) is 2.09. The molecule has 27 heavy (non-hydrogen) atoms. The summed E-state index contributed by atoms with van der Waals surface area (Å²) in [6.45, 7) is 1.90. The lowest BCUT2D eigenvalue weighted by molar-refractivity contribution is 0.0678. The molecule has 0 saturated carbocycles. The third-order valence-electron chi connectivity index (χ3n) is 4.52. The van der Waals surface area contributed by atoms with Gasteiger partial charge in [0.25, 0.3) is 5.91 Å². The number of hydrogen-bond acceptors (Lipinski definition) is 6. The predicted molar refractivity (Wildman–Crippen MR) is 96.8 cm³/mol. The summed E-state index contributed by atoms with van der Waals surface area (Å²) in [7, 11) is 1.56. The highest BCUT2D eigenvalue weighted by molar-refractivity contribution is 5.93. The maximum absolute atomic E-state index is 12.8. The molecule has 1 aliphatic heterocycles. The second kappa shape index (κ2) is 7.61. The van der Waals surface area contributed by atoms with Crippen LogP contribution in [0.3, 0.4) is 0 Å². The molecule has 1 aliphatic carbocycles. The van der Waals surface area contributed by atoms with Crippen LogP contribution in [0.4, 0.5) is 0 Å². The zero-order chi connectivity index (χ0) is 18.6. The van der Waals surface area contributed by atoms with Gasteiger partial charge in [-0.25, -0.2) is 4.98 Å². The number of fused-ring (bicyclic) bond motifs is 1. The number of amides is 1. The average Bonchev–Trinajstić information content (AvgIpc) is 3.14. The molecule has 2 aliphatic rings. The van der Waals surface area contributed by atoms with E-state index in [0.29, 0.717) is 43.6 Å². The van der Waals surface area contributed by atoms with Gasteiger partial charge in [0, 0.05) is 25.2 Å². The van der Waals surface area contributed by atoms with Crippen LogP contribution < -0.4 is 4.74 Å². The van der Waals surface area contributed by atoms with Gasteiger partial charge in [-0.2, -0.15) is 10.1 Å². The summed E-state index contributed by atoms with van der Waals surface area (Å²) in [5.74, 6) is 1.91. The molecule has 0 unspecified atom stereocenters. The Balaban J connectivity index is 1.43. The van der Waals surface area contributed by atoms with Crippen molar-refractivity contribution in [3.8, 4) is 5.88 Å². The SMILES string of the molecule is COc1ccnc(CN2CCn3nc(COC4=CC=CCC4)cc3C2=O)n1. The van der Waals surface area contributed by atoms with E-state index in [-0.39, 0.29) is 5.91 Å². The minimum atomic E-state index is -0.0776. The molecule has 0 atom stereocenters. The molecule has 4 rings (SSSR count). The summed E-state index contributed by atoms with van der Waals surface area (Å²) < 4.78 is 12.7. The van der Waals surface area contributed by atoms with Crippen LogP contribution in [0.2, 0.25) is 0 Å². The first-order valence-corrected chi connectivity index (χ1v) is 8.93. The number of carbonyl (C=O) groups excluding carboxylic acids is 1. The van der Waals surface area contributed by atoms with Gasteiger partial charge in [0.05, 0.1) is 26.0 Å². The normalized spacial score (nSPS) is 16.1. The first kappa shape index (κ1) is 17.3. The average molecular weight is 367 g/mol. The van der Waals surface area contributed by atoms with Crippen molar-refractivity contribution in [2.45, 2.75) is 32.5 Å². The quantitative estimate of drug-likeness (QED) is 0.777. The Kier molecular flexibility index (Phi) is 4.86. The largest absolute Gasteiger partial charge is 0.492 e. The van der Waals surface area contributed by atoms with Crippen LogP contribution in [0, 0.1) is 0 Å². The second-order valence-electron chi connectivity index (χ2n) is 6.37. The Bertz CT molecular complexity index is 903. The Morgan fingerprint density at radius 2 is 2.22 bits per heavy atom. The van der Waals surface area contributed by atoms with Gasteiger partial charge in [-0.05, 0) is 18.6 Å². The molecule has 8 heteroatoms. The van der Waals surface area contributed by atoms with Crippen molar-refractivity contribution in [3.63, 3.8) is 0 Å². The van der Waals surface area contributed by atoms with Crippen LogP contribution in [0.15, 0.2) is 42.3 Å². The van der Waals surface area contributed by atoms with Gasteiger partial charge < -0.3 is 14.4 Å². The first-order chi connectivity index (χ1) is 13.2. The molecule has 0 radical (unpaired) electrons. The van der Waals surface area contributed by atoms with Crippen LogP contribution in [0.5, 0.6) is 5.88 Å². The molecule has 140 valence electrons. The van der Waals surface area contributed by atoms with Crippen LogP contribution >= 0.6 is 0 Å². The summed E-state index contributed by atoms with van der Waals surface area (Å²) in [4.78, 5) is 23.0. The van der Waals surface area contributed by atoms with Gasteiger partial charge in [0.15, 0.2) is 5.82 Å². The van der Waals surface area contributed by atoms with Gasteiger partial charge in [-0.3, -0.25) is 9.48 Å². The lowest BCUT2D eigenvalue weighted by atomic mass is 10.2. The zero-order valence-electron chi connectivity index (χ0n) is 15.2. The smallest absolute Gasteiger partial charge is 0.272 e. The number of allylic oxidation sites excluding steroid dienone is 4. The van der Waals surface area contributed by atoms with Gasteiger partial charge >= 0.3 is 0 Å². The second-order valence-corrected chi connectivity index (χ2v) is 6.37. The number of aromatic nitrogens is 4. The van der Waals surface area contributed by atoms with Crippen LogP contribution in [-0.2, 0) is 24.4 Å². The Morgan fingerprint density at radius 1 is 1.30 bits per heavy atom. The maximum atomic E-state index is 12.8. The highest BCUT2D eigenvalue weighted by Crippen LogP contribution is 2.19. The van der Waals surface area contributed by atoms with Crippen molar-refractivity contribution in [1.82, 2.24) is 24.6 Å². The minimum Gasteiger partial charge on any atom is -0.492 e. The molecule has 2 aromatic heterocycles. The van der Waals surface area contributed by atoms with E-state index in [1.165, 1.54) is 0 Å². The molecule has 0 spiro atoms. The standard InChI is InChI=1S/C19H21N5O3/c1-26-18-7-8-20-17(21-18)12-23-9-10-24-16(19(23)25)11-14(22-24)13-27-15-5-3-2-4-6-15/h2-3,5,7-8,11H,4,6,9-10,12-13H2,1H3. The Labute approximate surface area is 157 Å². The fourth-order valence-electron chi connectivity index (χ4n) is 3.12. The van der Waals surface area contributed by atoms with Crippen molar-refractivity contribution >= 4 is 5.91 Å². The first-order valence-electron chi connectivity index (χ1n) is 8.93. The Morgan fingerprint density at radius 3 is 3.04 bits per heavy atom. The van der Waals surface area contributed by atoms with Gasteiger partial charge in [0.2, 0.25) is 5.88 Å². The number of rotatable bonds is 6. The van der Waals surface area contributed by atoms with Crippen LogP contribution in [0.1, 0.15) is 34.8 Å². The zero-order valence-corrected chi connectivity index (χ0v) is 15.2. The van der Waals surface area contributed by atoms with E-state index in [9.17, 15) is 4.79 Å². The van der Waals surface area contributed by atoms with Crippen molar-refractivity contribution in [1.29, 1.82) is 0 Å². The summed E-state index contributed by atoms with van der Waals surface area (Å²) in [6.07, 6.45) is 9.61. The molecule has 0 fully saturated rings. The summed E-state index contributed by atoms with van der Waals surface area (Å²) in [5, 5.41) is 4.50. The monoisotopic (exact) mass is 367 g/mol. The number of methoxy groups -OCH3 is 1. The lowest BCUT2D eigenvalue weighted by Crippen LogP contribution is -2.40. The topological polar surface area (TPSA) is 82.4 Å². The van der Waals surface area contributed by atoms with E-state index in [1.807, 2.05) is 12.2 Å². The van der Waals surface area contributed by atoms with Crippen molar-refractivity contribution < 1.29 is 14.3 Å². The molecule has 0 bridgehead atoms. The lowest BCUT2D eigenvalue weighted by Gasteiger charge is -2.26. The van der Waals surface area contributed by atoms with Crippen LogP contribution in [0.25, 0.3) is 0 Å².